The molecule has 1 aliphatic rings. The maximum absolute atomic E-state index is 8.00. The van der Waals surface area contributed by atoms with E-state index in [-0.39, 0.29) is 5.41 Å². The first-order valence-electron chi connectivity index (χ1n) is 5.29. The van der Waals surface area contributed by atoms with Crippen LogP contribution in [0, 0.1) is 0 Å². The second kappa shape index (κ2) is 3.65. The van der Waals surface area contributed by atoms with Gasteiger partial charge in [-0.25, -0.2) is 0 Å². The highest BCUT2D eigenvalue weighted by Gasteiger charge is 2.22. The highest BCUT2D eigenvalue weighted by molar-refractivity contribution is 7.10. The fraction of sp³-hybridized carbons (Fsp3) is 0.636. The van der Waals surface area contributed by atoms with Gasteiger partial charge in [-0.2, -0.15) is 0 Å². The number of hydrogen-bond donors (Lipinski definition) is 0. The monoisotopic (exact) mass is 213 g/mol. The smallest absolute Gasteiger partial charge is 0.184 e. The van der Waals surface area contributed by atoms with Crippen LogP contribution in [0.15, 0.2) is 11.4 Å². The zero-order valence-electron chi connectivity index (χ0n) is 9.79. The highest BCUT2D eigenvalue weighted by Crippen LogP contribution is 2.33. The van der Waals surface area contributed by atoms with Crippen molar-refractivity contribution in [2.24, 2.45) is 0 Å². The van der Waals surface area contributed by atoms with Gasteiger partial charge in [0.2, 0.25) is 0 Å². The lowest BCUT2D eigenvalue weighted by atomic mass is 9.94. The average Bonchev–Trinajstić information content (AvgIpc) is 2.69. The molecule has 0 amide bonds. The molecule has 2 rings (SSSR count). The molecule has 1 fully saturated rings. The van der Waals surface area contributed by atoms with Crippen LogP contribution >= 0.6 is 11.3 Å². The van der Waals surface area contributed by atoms with E-state index in [1.54, 1.807) is 11.3 Å². The summed E-state index contributed by atoms with van der Waals surface area (Å²) in [6.07, 6.45) is -1.26. The summed E-state index contributed by atoms with van der Waals surface area (Å²) in [6, 6.07) is 2.02. The molecular weight excluding hydrogens is 196 g/mol. The summed E-state index contributed by atoms with van der Waals surface area (Å²) in [5, 5.41) is 1.96. The van der Waals surface area contributed by atoms with Crippen LogP contribution in [0.2, 0.25) is 0 Å². The molecule has 1 aliphatic heterocycles. The molecule has 0 saturated carbocycles. The highest BCUT2D eigenvalue weighted by atomic mass is 32.1. The lowest BCUT2D eigenvalue weighted by Gasteiger charge is -2.15. The normalized spacial score (nSPS) is 22.4. The van der Waals surface area contributed by atoms with Gasteiger partial charge in [-0.1, -0.05) is 20.8 Å². The van der Waals surface area contributed by atoms with E-state index < -0.39 is 6.27 Å². The molecule has 0 spiro atoms. The largest absolute Gasteiger partial charge is 0.346 e. The first-order valence-corrected chi connectivity index (χ1v) is 5.67. The Morgan fingerprint density at radius 1 is 1.43 bits per heavy atom. The third-order valence-electron chi connectivity index (χ3n) is 2.12. The minimum absolute atomic E-state index is 0.123. The summed E-state index contributed by atoms with van der Waals surface area (Å²) >= 11 is 1.66. The molecule has 1 saturated heterocycles. The molecule has 2 heterocycles. The summed E-state index contributed by atoms with van der Waals surface area (Å²) in [7, 11) is 0. The van der Waals surface area contributed by atoms with Gasteiger partial charge in [0.1, 0.15) is 0 Å². The van der Waals surface area contributed by atoms with Crippen LogP contribution in [0.3, 0.4) is 0 Å². The molecule has 1 aromatic heterocycles. The van der Waals surface area contributed by atoms with Crippen molar-refractivity contribution in [3.63, 3.8) is 0 Å². The number of ether oxygens (including phenoxy) is 2. The Labute approximate surface area is 90.3 Å². The van der Waals surface area contributed by atoms with Crippen molar-refractivity contribution < 1.29 is 10.8 Å². The molecule has 0 aliphatic carbocycles. The topological polar surface area (TPSA) is 18.5 Å². The fourth-order valence-corrected chi connectivity index (χ4v) is 2.28. The van der Waals surface area contributed by atoms with Gasteiger partial charge < -0.3 is 9.47 Å². The second-order valence-corrected chi connectivity index (χ2v) is 5.35. The van der Waals surface area contributed by atoms with Crippen LogP contribution in [-0.4, -0.2) is 13.2 Å². The standard InChI is InChI=1S/C11H16O2S/c1-11(2,3)9-6-8(7-14-9)10-12-4-5-13-10/h6-7,10H,4-5H2,1-3H3/i10D. The van der Waals surface area contributed by atoms with Gasteiger partial charge in [0.05, 0.1) is 14.6 Å². The van der Waals surface area contributed by atoms with Crippen molar-refractivity contribution >= 4 is 11.3 Å². The Morgan fingerprint density at radius 3 is 2.57 bits per heavy atom. The first-order chi connectivity index (χ1) is 6.92. The van der Waals surface area contributed by atoms with Crippen molar-refractivity contribution in [1.29, 1.82) is 0 Å². The number of hydrogen-bond acceptors (Lipinski definition) is 3. The van der Waals surface area contributed by atoms with Crippen molar-refractivity contribution in [2.45, 2.75) is 32.5 Å². The molecular formula is C11H16O2S. The summed E-state index contributed by atoms with van der Waals surface area (Å²) in [6.45, 7) is 7.50. The van der Waals surface area contributed by atoms with E-state index in [1.807, 2.05) is 11.4 Å². The molecule has 2 nitrogen and oxygen atoms in total. The molecule has 1 aromatic rings. The van der Waals surface area contributed by atoms with Crippen LogP contribution in [0.5, 0.6) is 0 Å². The van der Waals surface area contributed by atoms with Gasteiger partial charge in [-0.15, -0.1) is 11.3 Å². The molecule has 0 N–H and O–H groups in total. The van der Waals surface area contributed by atoms with Gasteiger partial charge in [-0.05, 0) is 16.9 Å². The molecule has 0 bridgehead atoms. The molecule has 14 heavy (non-hydrogen) atoms. The Bertz CT molecular complexity index is 348. The second-order valence-electron chi connectivity index (χ2n) is 4.43. The third-order valence-corrected chi connectivity index (χ3v) is 3.48. The van der Waals surface area contributed by atoms with E-state index in [0.717, 1.165) is 5.56 Å². The molecule has 0 aromatic carbocycles. The van der Waals surface area contributed by atoms with Crippen LogP contribution in [0.1, 0.15) is 38.8 Å². The molecule has 78 valence electrons. The minimum atomic E-state index is -1.26. The molecule has 3 heteroatoms. The molecule has 0 atom stereocenters. The third kappa shape index (κ3) is 2.00. The Balaban J connectivity index is 2.27. The summed E-state index contributed by atoms with van der Waals surface area (Å²) < 4.78 is 18.6. The van der Waals surface area contributed by atoms with Gasteiger partial charge >= 0.3 is 0 Å². The van der Waals surface area contributed by atoms with Crippen molar-refractivity contribution in [3.05, 3.63) is 21.9 Å². The zero-order valence-corrected chi connectivity index (χ0v) is 9.61. The Morgan fingerprint density at radius 2 is 2.07 bits per heavy atom. The summed E-state index contributed by atoms with van der Waals surface area (Å²) in [5.74, 6) is 0. The van der Waals surface area contributed by atoms with Gasteiger partial charge in [0, 0.05) is 10.4 Å². The number of thiophene rings is 1. The predicted molar refractivity (Wildman–Crippen MR) is 57.7 cm³/mol. The lowest BCUT2D eigenvalue weighted by Crippen LogP contribution is -2.08. The molecule has 0 unspecified atom stereocenters. The minimum Gasteiger partial charge on any atom is -0.346 e. The summed E-state index contributed by atoms with van der Waals surface area (Å²) in [4.78, 5) is 1.25. The summed E-state index contributed by atoms with van der Waals surface area (Å²) in [5.41, 5.74) is 0.938. The van der Waals surface area contributed by atoms with E-state index >= 15 is 0 Å². The lowest BCUT2D eigenvalue weighted by molar-refractivity contribution is -0.0438. The first kappa shape index (κ1) is 8.89. The molecule has 0 radical (unpaired) electrons. The predicted octanol–water partition coefficient (Wildman–Crippen LogP) is 3.09. The fourth-order valence-electron chi connectivity index (χ4n) is 1.31. The van der Waals surface area contributed by atoms with Gasteiger partial charge in [0.25, 0.3) is 0 Å². The van der Waals surface area contributed by atoms with Crippen molar-refractivity contribution in [3.8, 4) is 0 Å². The Kier molecular flexibility index (Phi) is 2.32. The van der Waals surface area contributed by atoms with Crippen LogP contribution in [0.4, 0.5) is 0 Å². The maximum atomic E-state index is 8.00. The van der Waals surface area contributed by atoms with E-state index in [9.17, 15) is 0 Å². The van der Waals surface area contributed by atoms with Gasteiger partial charge in [-0.3, -0.25) is 0 Å². The van der Waals surface area contributed by atoms with Crippen LogP contribution in [-0.2, 0) is 14.9 Å². The maximum Gasteiger partial charge on any atom is 0.184 e. The quantitative estimate of drug-likeness (QED) is 0.713. The van der Waals surface area contributed by atoms with Gasteiger partial charge in [0.15, 0.2) is 6.27 Å². The average molecular weight is 213 g/mol. The van der Waals surface area contributed by atoms with Crippen LogP contribution in [0.25, 0.3) is 0 Å². The SMILES string of the molecule is [2H]C1(c2csc(C(C)(C)C)c2)OCCO1. The van der Waals surface area contributed by atoms with E-state index in [2.05, 4.69) is 20.8 Å². The Hall–Kier alpha value is -0.380. The number of rotatable bonds is 1. The van der Waals surface area contributed by atoms with Crippen molar-refractivity contribution in [2.75, 3.05) is 13.2 Å². The van der Waals surface area contributed by atoms with E-state index in [4.69, 9.17) is 10.8 Å². The van der Waals surface area contributed by atoms with E-state index in [1.165, 1.54) is 4.88 Å². The van der Waals surface area contributed by atoms with Crippen LogP contribution < -0.4 is 0 Å². The van der Waals surface area contributed by atoms with E-state index in [0.29, 0.717) is 13.2 Å². The zero-order chi connectivity index (χ0) is 11.1. The van der Waals surface area contributed by atoms with Crippen molar-refractivity contribution in [1.82, 2.24) is 0 Å².